The van der Waals surface area contributed by atoms with Crippen molar-refractivity contribution in [1.29, 1.82) is 0 Å². The highest BCUT2D eigenvalue weighted by atomic mass is 79.9. The Bertz CT molecular complexity index is 503. The maximum absolute atomic E-state index is 12.0. The first-order valence-electron chi connectivity index (χ1n) is 4.64. The minimum Gasteiger partial charge on any atom is -0.496 e. The fraction of sp³-hybridized carbons (Fsp3) is 0.0833. The van der Waals surface area contributed by atoms with E-state index >= 15 is 0 Å². The zero-order valence-electron chi connectivity index (χ0n) is 8.57. The number of rotatable bonds is 3. The number of benzene rings is 1. The van der Waals surface area contributed by atoms with Crippen molar-refractivity contribution < 1.29 is 13.9 Å². The number of hydrogen-bond donors (Lipinski definition) is 0. The lowest BCUT2D eigenvalue weighted by molar-refractivity contribution is 0.101. The van der Waals surface area contributed by atoms with Gasteiger partial charge in [0.2, 0.25) is 5.78 Å². The minimum absolute atomic E-state index is 0.186. The smallest absolute Gasteiger partial charge is 0.231 e. The number of ketones is 1. The van der Waals surface area contributed by atoms with Gasteiger partial charge >= 0.3 is 0 Å². The third kappa shape index (κ3) is 2.02. The molecule has 0 aliphatic heterocycles. The van der Waals surface area contributed by atoms with Crippen LogP contribution in [0.3, 0.4) is 0 Å². The van der Waals surface area contributed by atoms with Crippen LogP contribution in [0.25, 0.3) is 0 Å². The molecule has 0 aliphatic rings. The number of hydrogen-bond acceptors (Lipinski definition) is 3. The molecule has 0 fully saturated rings. The number of halogens is 1. The van der Waals surface area contributed by atoms with Gasteiger partial charge in [-0.1, -0.05) is 15.9 Å². The molecule has 0 saturated carbocycles. The monoisotopic (exact) mass is 280 g/mol. The van der Waals surface area contributed by atoms with Crippen LogP contribution in [0, 0.1) is 0 Å². The predicted octanol–water partition coefficient (Wildman–Crippen LogP) is 3.28. The van der Waals surface area contributed by atoms with Crippen molar-refractivity contribution in [2.24, 2.45) is 0 Å². The van der Waals surface area contributed by atoms with Crippen molar-refractivity contribution in [3.63, 3.8) is 0 Å². The number of methoxy groups -OCH3 is 1. The fourth-order valence-corrected chi connectivity index (χ4v) is 1.73. The van der Waals surface area contributed by atoms with Crippen LogP contribution in [0.2, 0.25) is 0 Å². The van der Waals surface area contributed by atoms with E-state index in [-0.39, 0.29) is 5.78 Å². The molecule has 1 aromatic heterocycles. The second-order valence-electron chi connectivity index (χ2n) is 3.15. The lowest BCUT2D eigenvalue weighted by Gasteiger charge is -2.06. The zero-order chi connectivity index (χ0) is 11.5. The molecule has 0 aliphatic carbocycles. The summed E-state index contributed by atoms with van der Waals surface area (Å²) in [6.45, 7) is 0. The van der Waals surface area contributed by atoms with E-state index in [0.29, 0.717) is 17.1 Å². The Morgan fingerprint density at radius 3 is 2.81 bits per heavy atom. The van der Waals surface area contributed by atoms with Crippen molar-refractivity contribution in [2.45, 2.75) is 0 Å². The first-order valence-corrected chi connectivity index (χ1v) is 5.43. The number of carbonyl (C=O) groups excluding carboxylic acids is 1. The normalized spacial score (nSPS) is 10.1. The van der Waals surface area contributed by atoms with Crippen LogP contribution in [-0.2, 0) is 0 Å². The van der Waals surface area contributed by atoms with Gasteiger partial charge in [-0.25, -0.2) is 0 Å². The molecule has 0 unspecified atom stereocenters. The minimum atomic E-state index is -0.186. The highest BCUT2D eigenvalue weighted by molar-refractivity contribution is 9.10. The Kier molecular flexibility index (Phi) is 3.10. The van der Waals surface area contributed by atoms with E-state index in [1.807, 2.05) is 0 Å². The summed E-state index contributed by atoms with van der Waals surface area (Å²) >= 11 is 3.32. The number of furan rings is 1. The summed E-state index contributed by atoms with van der Waals surface area (Å²) in [6, 6.07) is 8.55. The molecule has 4 heteroatoms. The largest absolute Gasteiger partial charge is 0.496 e. The topological polar surface area (TPSA) is 39.4 Å². The van der Waals surface area contributed by atoms with Gasteiger partial charge in [-0.3, -0.25) is 4.79 Å². The summed E-state index contributed by atoms with van der Waals surface area (Å²) in [7, 11) is 1.53. The van der Waals surface area contributed by atoms with E-state index in [1.54, 1.807) is 30.3 Å². The highest BCUT2D eigenvalue weighted by Crippen LogP contribution is 2.25. The second kappa shape index (κ2) is 4.53. The van der Waals surface area contributed by atoms with Gasteiger partial charge in [0, 0.05) is 4.47 Å². The molecular weight excluding hydrogens is 272 g/mol. The molecule has 2 aromatic rings. The average Bonchev–Trinajstić information content (AvgIpc) is 2.81. The molecule has 0 bridgehead atoms. The van der Waals surface area contributed by atoms with E-state index in [4.69, 9.17) is 9.15 Å². The molecule has 16 heavy (non-hydrogen) atoms. The summed E-state index contributed by atoms with van der Waals surface area (Å²) in [5.74, 6) is 0.644. The van der Waals surface area contributed by atoms with Crippen LogP contribution in [0.5, 0.6) is 5.75 Å². The van der Waals surface area contributed by atoms with Gasteiger partial charge in [0.25, 0.3) is 0 Å². The van der Waals surface area contributed by atoms with Crippen molar-refractivity contribution >= 4 is 21.7 Å². The number of ether oxygens (including phenoxy) is 1. The molecule has 0 amide bonds. The standard InChI is InChI=1S/C12H9BrO3/c1-15-11-7-8(13)4-5-9(11)12(14)10-3-2-6-16-10/h2-7H,1H3. The SMILES string of the molecule is COc1cc(Br)ccc1C(=O)c1ccco1. The van der Waals surface area contributed by atoms with Gasteiger partial charge in [-0.05, 0) is 30.3 Å². The van der Waals surface area contributed by atoms with Gasteiger partial charge in [-0.2, -0.15) is 0 Å². The molecule has 2 rings (SSSR count). The zero-order valence-corrected chi connectivity index (χ0v) is 10.2. The van der Waals surface area contributed by atoms with E-state index in [2.05, 4.69) is 15.9 Å². The first kappa shape index (κ1) is 11.0. The summed E-state index contributed by atoms with van der Waals surface area (Å²) in [5.41, 5.74) is 0.487. The lowest BCUT2D eigenvalue weighted by atomic mass is 10.1. The summed E-state index contributed by atoms with van der Waals surface area (Å²) in [5, 5.41) is 0. The molecule has 0 N–H and O–H groups in total. The van der Waals surface area contributed by atoms with Gasteiger partial charge < -0.3 is 9.15 Å². The molecule has 0 saturated heterocycles. The van der Waals surface area contributed by atoms with Crippen molar-refractivity contribution in [3.05, 3.63) is 52.4 Å². The summed E-state index contributed by atoms with van der Waals surface area (Å²) in [4.78, 5) is 12.0. The molecule has 82 valence electrons. The Hall–Kier alpha value is -1.55. The van der Waals surface area contributed by atoms with Crippen LogP contribution in [-0.4, -0.2) is 12.9 Å². The number of carbonyl (C=O) groups is 1. The van der Waals surface area contributed by atoms with E-state index in [0.717, 1.165) is 4.47 Å². The van der Waals surface area contributed by atoms with Crippen LogP contribution >= 0.6 is 15.9 Å². The lowest BCUT2D eigenvalue weighted by Crippen LogP contribution is -2.02. The third-order valence-corrected chi connectivity index (χ3v) is 2.65. The molecule has 3 nitrogen and oxygen atoms in total. The molecule has 1 heterocycles. The molecule has 0 radical (unpaired) electrons. The Labute approximate surface area is 101 Å². The van der Waals surface area contributed by atoms with E-state index in [9.17, 15) is 4.79 Å². The predicted molar refractivity (Wildman–Crippen MR) is 62.8 cm³/mol. The van der Waals surface area contributed by atoms with Crippen molar-refractivity contribution in [3.8, 4) is 5.75 Å². The highest BCUT2D eigenvalue weighted by Gasteiger charge is 2.16. The van der Waals surface area contributed by atoms with Crippen LogP contribution in [0.4, 0.5) is 0 Å². The van der Waals surface area contributed by atoms with E-state index in [1.165, 1.54) is 13.4 Å². The maximum atomic E-state index is 12.0. The van der Waals surface area contributed by atoms with Gasteiger partial charge in [0.1, 0.15) is 5.75 Å². The van der Waals surface area contributed by atoms with Gasteiger partial charge in [0.05, 0.1) is 18.9 Å². The van der Waals surface area contributed by atoms with Crippen LogP contribution in [0.15, 0.2) is 45.5 Å². The molecule has 1 aromatic carbocycles. The van der Waals surface area contributed by atoms with Crippen molar-refractivity contribution in [1.82, 2.24) is 0 Å². The Balaban J connectivity index is 2.44. The Morgan fingerprint density at radius 2 is 2.19 bits per heavy atom. The van der Waals surface area contributed by atoms with Crippen molar-refractivity contribution in [2.75, 3.05) is 7.11 Å². The average molecular weight is 281 g/mol. The second-order valence-corrected chi connectivity index (χ2v) is 4.07. The fourth-order valence-electron chi connectivity index (χ4n) is 1.39. The summed E-state index contributed by atoms with van der Waals surface area (Å²) < 4.78 is 11.1. The first-order chi connectivity index (χ1) is 7.72. The maximum Gasteiger partial charge on any atom is 0.231 e. The Morgan fingerprint density at radius 1 is 1.38 bits per heavy atom. The van der Waals surface area contributed by atoms with Gasteiger partial charge in [-0.15, -0.1) is 0 Å². The third-order valence-electron chi connectivity index (χ3n) is 2.15. The van der Waals surface area contributed by atoms with E-state index < -0.39 is 0 Å². The molecule has 0 atom stereocenters. The van der Waals surface area contributed by atoms with Gasteiger partial charge in [0.15, 0.2) is 5.76 Å². The van der Waals surface area contributed by atoms with Crippen LogP contribution < -0.4 is 4.74 Å². The molecular formula is C12H9BrO3. The quantitative estimate of drug-likeness (QED) is 0.810. The summed E-state index contributed by atoms with van der Waals surface area (Å²) in [6.07, 6.45) is 1.47. The molecule has 0 spiro atoms. The van der Waals surface area contributed by atoms with Crippen LogP contribution in [0.1, 0.15) is 16.1 Å².